The third-order valence-corrected chi connectivity index (χ3v) is 2.63. The molecule has 1 aromatic rings. The zero-order valence-electron chi connectivity index (χ0n) is 11.7. The number of allylic oxidation sites excluding steroid dienone is 2. The van der Waals surface area contributed by atoms with E-state index in [0.717, 1.165) is 18.8 Å². The van der Waals surface area contributed by atoms with Crippen LogP contribution in [0.15, 0.2) is 47.6 Å². The number of hydrogen-bond acceptors (Lipinski definition) is 1. The minimum Gasteiger partial charge on any atom is -0.364 e. The van der Waals surface area contributed by atoms with Gasteiger partial charge in [-0.3, -0.25) is 0 Å². The highest BCUT2D eigenvalue weighted by atomic mass is 19.1. The summed E-state index contributed by atoms with van der Waals surface area (Å²) in [5.41, 5.74) is 3.63. The third-order valence-electron chi connectivity index (χ3n) is 2.63. The predicted octanol–water partition coefficient (Wildman–Crippen LogP) is 4.56. The Balaban J connectivity index is 2.85. The summed E-state index contributed by atoms with van der Waals surface area (Å²) in [5.74, 6) is -0.192. The minimum atomic E-state index is -0.192. The second kappa shape index (κ2) is 7.00. The normalized spacial score (nSPS) is 9.83. The summed E-state index contributed by atoms with van der Waals surface area (Å²) in [5, 5.41) is 0. The van der Waals surface area contributed by atoms with Crippen LogP contribution in [0.3, 0.4) is 0 Å². The van der Waals surface area contributed by atoms with Crippen LogP contribution in [-0.4, -0.2) is 13.1 Å². The van der Waals surface area contributed by atoms with Gasteiger partial charge in [-0.05, 0) is 52.0 Å². The van der Waals surface area contributed by atoms with Crippen molar-refractivity contribution in [3.63, 3.8) is 0 Å². The number of rotatable bonds is 5. The number of hydrogen-bond donors (Lipinski definition) is 0. The van der Waals surface area contributed by atoms with Crippen molar-refractivity contribution in [3.05, 3.63) is 53.4 Å². The van der Waals surface area contributed by atoms with Crippen LogP contribution in [0.25, 0.3) is 0 Å². The number of benzene rings is 1. The van der Waals surface area contributed by atoms with Crippen LogP contribution in [0.2, 0.25) is 0 Å². The zero-order valence-corrected chi connectivity index (χ0v) is 11.7. The zero-order chi connectivity index (χ0) is 13.5. The molecule has 0 fully saturated rings. The van der Waals surface area contributed by atoms with Crippen LogP contribution in [0.5, 0.6) is 0 Å². The maximum absolute atomic E-state index is 12.9. The molecule has 1 aromatic carbocycles. The lowest BCUT2D eigenvalue weighted by Gasteiger charge is -2.22. The molecule has 0 aliphatic heterocycles. The van der Waals surface area contributed by atoms with E-state index in [-0.39, 0.29) is 5.82 Å². The van der Waals surface area contributed by atoms with Gasteiger partial charge in [-0.15, -0.1) is 0 Å². The summed E-state index contributed by atoms with van der Waals surface area (Å²) in [7, 11) is 0. The van der Waals surface area contributed by atoms with Crippen LogP contribution >= 0.6 is 0 Å². The summed E-state index contributed by atoms with van der Waals surface area (Å²) in [6.45, 7) is 10.0. The summed E-state index contributed by atoms with van der Waals surface area (Å²) < 4.78 is 12.9. The highest BCUT2D eigenvalue weighted by Crippen LogP contribution is 2.15. The van der Waals surface area contributed by atoms with Crippen LogP contribution in [0, 0.1) is 5.82 Å². The molecule has 0 aliphatic carbocycles. The molecule has 98 valence electrons. The molecule has 0 heterocycles. The first kappa shape index (κ1) is 14.5. The Bertz CT molecular complexity index is 401. The Hall–Kier alpha value is -1.57. The molecule has 0 bridgehead atoms. The predicted molar refractivity (Wildman–Crippen MR) is 77.5 cm³/mol. The first-order valence-electron chi connectivity index (χ1n) is 6.26. The average Bonchev–Trinajstić information content (AvgIpc) is 2.30. The van der Waals surface area contributed by atoms with Crippen LogP contribution < -0.4 is 4.90 Å². The van der Waals surface area contributed by atoms with Crippen molar-refractivity contribution in [3.8, 4) is 0 Å². The summed E-state index contributed by atoms with van der Waals surface area (Å²) in [6.07, 6.45) is 4.37. The van der Waals surface area contributed by atoms with E-state index in [2.05, 4.69) is 44.7 Å². The molecule has 0 radical (unpaired) electrons. The van der Waals surface area contributed by atoms with E-state index in [9.17, 15) is 4.39 Å². The van der Waals surface area contributed by atoms with Crippen molar-refractivity contribution in [1.82, 2.24) is 0 Å². The Morgan fingerprint density at radius 3 is 1.78 bits per heavy atom. The lowest BCUT2D eigenvalue weighted by molar-refractivity contribution is 0.627. The molecule has 0 amide bonds. The molecule has 0 aliphatic rings. The molecular formula is C16H22FN. The van der Waals surface area contributed by atoms with E-state index in [4.69, 9.17) is 0 Å². The first-order valence-corrected chi connectivity index (χ1v) is 6.26. The van der Waals surface area contributed by atoms with Gasteiger partial charge < -0.3 is 4.90 Å². The van der Waals surface area contributed by atoms with Crippen molar-refractivity contribution in [2.45, 2.75) is 27.7 Å². The molecule has 0 saturated heterocycles. The molecule has 1 rings (SSSR count). The molecule has 0 saturated carbocycles. The van der Waals surface area contributed by atoms with Crippen molar-refractivity contribution in [2.75, 3.05) is 18.0 Å². The van der Waals surface area contributed by atoms with E-state index in [1.54, 1.807) is 0 Å². The van der Waals surface area contributed by atoms with Gasteiger partial charge in [-0.1, -0.05) is 23.3 Å². The quantitative estimate of drug-likeness (QED) is 0.689. The van der Waals surface area contributed by atoms with Gasteiger partial charge in [0.05, 0.1) is 0 Å². The van der Waals surface area contributed by atoms with Gasteiger partial charge in [0.1, 0.15) is 5.82 Å². The Morgan fingerprint density at radius 2 is 1.39 bits per heavy atom. The fourth-order valence-electron chi connectivity index (χ4n) is 1.52. The number of nitrogens with zero attached hydrogens (tertiary/aromatic N) is 1. The van der Waals surface area contributed by atoms with Gasteiger partial charge in [0.25, 0.3) is 0 Å². The van der Waals surface area contributed by atoms with Crippen molar-refractivity contribution in [1.29, 1.82) is 0 Å². The minimum absolute atomic E-state index is 0.192. The molecule has 18 heavy (non-hydrogen) atoms. The standard InChI is InChI=1S/C16H22FN/c1-13(2)9-11-18(12-10-14(3)4)16-7-5-15(17)6-8-16/h5-10H,11-12H2,1-4H3. The van der Waals surface area contributed by atoms with E-state index in [1.165, 1.54) is 23.3 Å². The van der Waals surface area contributed by atoms with E-state index in [1.807, 2.05) is 12.1 Å². The molecule has 0 N–H and O–H groups in total. The molecule has 0 aromatic heterocycles. The van der Waals surface area contributed by atoms with Gasteiger partial charge in [-0.2, -0.15) is 0 Å². The topological polar surface area (TPSA) is 3.24 Å². The summed E-state index contributed by atoms with van der Waals surface area (Å²) >= 11 is 0. The van der Waals surface area contributed by atoms with E-state index < -0.39 is 0 Å². The fourth-order valence-corrected chi connectivity index (χ4v) is 1.52. The lowest BCUT2D eigenvalue weighted by Crippen LogP contribution is -2.23. The van der Waals surface area contributed by atoms with Gasteiger partial charge in [0.15, 0.2) is 0 Å². The van der Waals surface area contributed by atoms with E-state index in [0.29, 0.717) is 0 Å². The molecular weight excluding hydrogens is 225 g/mol. The Kier molecular flexibility index (Phi) is 5.63. The van der Waals surface area contributed by atoms with E-state index >= 15 is 0 Å². The maximum atomic E-state index is 12.9. The van der Waals surface area contributed by atoms with Crippen LogP contribution in [0.4, 0.5) is 10.1 Å². The Labute approximate surface area is 110 Å². The lowest BCUT2D eigenvalue weighted by atomic mass is 10.2. The largest absolute Gasteiger partial charge is 0.364 e. The highest BCUT2D eigenvalue weighted by molar-refractivity contribution is 5.47. The van der Waals surface area contributed by atoms with Gasteiger partial charge in [0, 0.05) is 18.8 Å². The third kappa shape index (κ3) is 5.17. The summed E-state index contributed by atoms with van der Waals surface area (Å²) in [6, 6.07) is 6.67. The second-order valence-corrected chi connectivity index (χ2v) is 4.94. The molecule has 0 unspecified atom stereocenters. The number of anilines is 1. The SMILES string of the molecule is CC(C)=CCN(CC=C(C)C)c1ccc(F)cc1. The van der Waals surface area contributed by atoms with Gasteiger partial charge >= 0.3 is 0 Å². The molecule has 0 atom stereocenters. The van der Waals surface area contributed by atoms with Gasteiger partial charge in [0.2, 0.25) is 0 Å². The first-order chi connectivity index (χ1) is 8.49. The maximum Gasteiger partial charge on any atom is 0.123 e. The Morgan fingerprint density at radius 1 is 0.944 bits per heavy atom. The highest BCUT2D eigenvalue weighted by Gasteiger charge is 2.03. The smallest absolute Gasteiger partial charge is 0.123 e. The molecule has 0 spiro atoms. The van der Waals surface area contributed by atoms with Gasteiger partial charge in [-0.25, -0.2) is 4.39 Å². The number of halogens is 1. The molecule has 2 heteroatoms. The van der Waals surface area contributed by atoms with Crippen LogP contribution in [0.1, 0.15) is 27.7 Å². The average molecular weight is 247 g/mol. The summed E-state index contributed by atoms with van der Waals surface area (Å²) in [4.78, 5) is 2.22. The molecule has 1 nitrogen and oxygen atoms in total. The van der Waals surface area contributed by atoms with Crippen molar-refractivity contribution < 1.29 is 4.39 Å². The van der Waals surface area contributed by atoms with Crippen molar-refractivity contribution in [2.24, 2.45) is 0 Å². The van der Waals surface area contributed by atoms with Crippen LogP contribution in [-0.2, 0) is 0 Å². The fraction of sp³-hybridized carbons (Fsp3) is 0.375. The van der Waals surface area contributed by atoms with Crippen molar-refractivity contribution >= 4 is 5.69 Å². The monoisotopic (exact) mass is 247 g/mol. The second-order valence-electron chi connectivity index (χ2n) is 4.94.